The lowest BCUT2D eigenvalue weighted by Gasteiger charge is -2.15. The standard InChI is InChI=1S/C22H16N4O5/c1-31-19-12-5-3-10-17(19)21(27)24-25-20(14-7-6-8-15(13-14)26(29)30)23-18-11-4-2-9-16(18)22(25)28/h2-13H,1H3,(H,24,27). The van der Waals surface area contributed by atoms with Gasteiger partial charge in [-0.3, -0.25) is 25.1 Å². The smallest absolute Gasteiger partial charge is 0.280 e. The van der Waals surface area contributed by atoms with Crippen LogP contribution in [0.4, 0.5) is 5.69 Å². The predicted octanol–water partition coefficient (Wildman–Crippen LogP) is 3.36. The van der Waals surface area contributed by atoms with Crippen molar-refractivity contribution < 1.29 is 14.5 Å². The first kappa shape index (κ1) is 19.8. The predicted molar refractivity (Wildman–Crippen MR) is 115 cm³/mol. The van der Waals surface area contributed by atoms with Crippen molar-refractivity contribution in [1.82, 2.24) is 9.66 Å². The Hall–Kier alpha value is -4.53. The summed E-state index contributed by atoms with van der Waals surface area (Å²) in [5.41, 5.74) is 2.80. The number of benzene rings is 3. The van der Waals surface area contributed by atoms with E-state index in [1.165, 1.54) is 25.3 Å². The summed E-state index contributed by atoms with van der Waals surface area (Å²) in [6, 6.07) is 18.9. The number of hydrogen-bond donors (Lipinski definition) is 1. The third kappa shape index (κ3) is 3.71. The molecule has 0 atom stereocenters. The fourth-order valence-corrected chi connectivity index (χ4v) is 3.18. The number of nitrogens with zero attached hydrogens (tertiary/aromatic N) is 3. The molecule has 9 heteroatoms. The summed E-state index contributed by atoms with van der Waals surface area (Å²) in [6.07, 6.45) is 0. The van der Waals surface area contributed by atoms with E-state index in [1.807, 2.05) is 0 Å². The van der Waals surface area contributed by atoms with Crippen molar-refractivity contribution in [3.63, 3.8) is 0 Å². The van der Waals surface area contributed by atoms with Crippen molar-refractivity contribution in [3.8, 4) is 17.1 Å². The van der Waals surface area contributed by atoms with Crippen LogP contribution < -0.4 is 15.7 Å². The average molecular weight is 416 g/mol. The fraction of sp³-hybridized carbons (Fsp3) is 0.0455. The second-order valence-corrected chi connectivity index (χ2v) is 6.54. The molecule has 1 amide bonds. The van der Waals surface area contributed by atoms with Crippen LogP contribution in [0.15, 0.2) is 77.6 Å². The minimum atomic E-state index is -0.594. The molecule has 1 aromatic heterocycles. The van der Waals surface area contributed by atoms with Gasteiger partial charge < -0.3 is 4.74 Å². The van der Waals surface area contributed by atoms with Gasteiger partial charge in [0.2, 0.25) is 0 Å². The van der Waals surface area contributed by atoms with E-state index in [-0.39, 0.29) is 22.5 Å². The normalized spacial score (nSPS) is 10.6. The third-order valence-corrected chi connectivity index (χ3v) is 4.66. The van der Waals surface area contributed by atoms with Gasteiger partial charge in [0.15, 0.2) is 5.82 Å². The maximum absolute atomic E-state index is 13.2. The van der Waals surface area contributed by atoms with Gasteiger partial charge in [-0.15, -0.1) is 0 Å². The Kier molecular flexibility index (Phi) is 5.15. The first-order chi connectivity index (χ1) is 15.0. The Balaban J connectivity index is 1.91. The lowest BCUT2D eigenvalue weighted by Crippen LogP contribution is -2.35. The molecule has 31 heavy (non-hydrogen) atoms. The number of methoxy groups -OCH3 is 1. The van der Waals surface area contributed by atoms with E-state index in [1.54, 1.807) is 54.6 Å². The van der Waals surface area contributed by atoms with Crippen LogP contribution in [0.3, 0.4) is 0 Å². The Morgan fingerprint density at radius 2 is 1.81 bits per heavy atom. The molecule has 0 aliphatic carbocycles. The van der Waals surface area contributed by atoms with Gasteiger partial charge in [0.05, 0.1) is 28.5 Å². The van der Waals surface area contributed by atoms with Gasteiger partial charge >= 0.3 is 0 Å². The van der Waals surface area contributed by atoms with Crippen LogP contribution in [0, 0.1) is 10.1 Å². The Bertz CT molecular complexity index is 1380. The molecule has 4 rings (SSSR count). The Morgan fingerprint density at radius 1 is 1.06 bits per heavy atom. The number of nitrogens with one attached hydrogen (secondary N) is 1. The number of amides is 1. The second-order valence-electron chi connectivity index (χ2n) is 6.54. The monoisotopic (exact) mass is 416 g/mol. The summed E-state index contributed by atoms with van der Waals surface area (Å²) in [7, 11) is 1.43. The summed E-state index contributed by atoms with van der Waals surface area (Å²) in [5, 5.41) is 11.5. The van der Waals surface area contributed by atoms with E-state index in [4.69, 9.17) is 4.74 Å². The number of aromatic nitrogens is 2. The molecule has 154 valence electrons. The molecule has 0 bridgehead atoms. The number of fused-ring (bicyclic) bond motifs is 1. The lowest BCUT2D eigenvalue weighted by atomic mass is 10.1. The van der Waals surface area contributed by atoms with Gasteiger partial charge in [0, 0.05) is 17.7 Å². The molecule has 1 N–H and O–H groups in total. The zero-order valence-corrected chi connectivity index (χ0v) is 16.3. The Labute approximate surface area is 175 Å². The minimum Gasteiger partial charge on any atom is -0.496 e. The van der Waals surface area contributed by atoms with Crippen LogP contribution in [0.2, 0.25) is 0 Å². The SMILES string of the molecule is COc1ccccc1C(=O)Nn1c(-c2cccc([N+](=O)[O-])c2)nc2ccccc2c1=O. The molecule has 9 nitrogen and oxygen atoms in total. The molecular formula is C22H16N4O5. The average Bonchev–Trinajstić information content (AvgIpc) is 2.80. The second kappa shape index (κ2) is 8.07. The highest BCUT2D eigenvalue weighted by Gasteiger charge is 2.19. The molecule has 0 radical (unpaired) electrons. The summed E-state index contributed by atoms with van der Waals surface area (Å²) < 4.78 is 6.22. The molecule has 4 aromatic rings. The van der Waals surface area contributed by atoms with Crippen molar-refractivity contribution in [2.45, 2.75) is 0 Å². The first-order valence-corrected chi connectivity index (χ1v) is 9.20. The Morgan fingerprint density at radius 3 is 2.58 bits per heavy atom. The maximum Gasteiger partial charge on any atom is 0.280 e. The minimum absolute atomic E-state index is 0.0654. The summed E-state index contributed by atoms with van der Waals surface area (Å²) in [6.45, 7) is 0. The van der Waals surface area contributed by atoms with E-state index in [9.17, 15) is 19.7 Å². The van der Waals surface area contributed by atoms with Gasteiger partial charge in [0.1, 0.15) is 5.75 Å². The highest BCUT2D eigenvalue weighted by Crippen LogP contribution is 2.23. The number of nitro benzene ring substituents is 1. The van der Waals surface area contributed by atoms with E-state index in [2.05, 4.69) is 10.4 Å². The van der Waals surface area contributed by atoms with Crippen molar-refractivity contribution in [2.24, 2.45) is 0 Å². The van der Waals surface area contributed by atoms with Gasteiger partial charge in [-0.25, -0.2) is 4.98 Å². The molecule has 0 fully saturated rings. The van der Waals surface area contributed by atoms with Crippen LogP contribution >= 0.6 is 0 Å². The van der Waals surface area contributed by atoms with Crippen LogP contribution in [0.5, 0.6) is 5.75 Å². The number of para-hydroxylation sites is 2. The number of non-ortho nitro benzene ring substituents is 1. The third-order valence-electron chi connectivity index (χ3n) is 4.66. The molecule has 0 spiro atoms. The van der Waals surface area contributed by atoms with E-state index in [0.29, 0.717) is 16.8 Å². The highest BCUT2D eigenvalue weighted by atomic mass is 16.6. The zero-order chi connectivity index (χ0) is 22.0. The lowest BCUT2D eigenvalue weighted by molar-refractivity contribution is -0.384. The topological polar surface area (TPSA) is 116 Å². The van der Waals surface area contributed by atoms with Gasteiger partial charge in [-0.1, -0.05) is 36.4 Å². The van der Waals surface area contributed by atoms with Gasteiger partial charge in [-0.2, -0.15) is 4.68 Å². The number of hydrogen-bond acceptors (Lipinski definition) is 6. The fourth-order valence-electron chi connectivity index (χ4n) is 3.18. The van der Waals surface area contributed by atoms with Crippen molar-refractivity contribution in [2.75, 3.05) is 12.5 Å². The number of ether oxygens (including phenoxy) is 1. The summed E-state index contributed by atoms with van der Waals surface area (Å²) in [5.74, 6) is -0.197. The quantitative estimate of drug-likeness (QED) is 0.394. The molecule has 0 saturated carbocycles. The number of rotatable bonds is 5. The first-order valence-electron chi connectivity index (χ1n) is 9.20. The maximum atomic E-state index is 13.2. The van der Waals surface area contributed by atoms with Crippen molar-refractivity contribution in [3.05, 3.63) is 98.8 Å². The van der Waals surface area contributed by atoms with E-state index in [0.717, 1.165) is 4.68 Å². The van der Waals surface area contributed by atoms with Gasteiger partial charge in [0.25, 0.3) is 17.2 Å². The number of carbonyl (C=O) groups excluding carboxylic acids is 1. The largest absolute Gasteiger partial charge is 0.496 e. The molecule has 1 heterocycles. The molecular weight excluding hydrogens is 400 g/mol. The van der Waals surface area contributed by atoms with Crippen LogP contribution in [-0.2, 0) is 0 Å². The molecule has 0 aliphatic heterocycles. The molecule has 0 unspecified atom stereocenters. The van der Waals surface area contributed by atoms with Crippen LogP contribution in [0.25, 0.3) is 22.3 Å². The molecule has 0 aliphatic rings. The zero-order valence-electron chi connectivity index (χ0n) is 16.3. The van der Waals surface area contributed by atoms with Crippen LogP contribution in [-0.4, -0.2) is 27.6 Å². The summed E-state index contributed by atoms with van der Waals surface area (Å²) >= 11 is 0. The number of carbonyl (C=O) groups is 1. The summed E-state index contributed by atoms with van der Waals surface area (Å²) in [4.78, 5) is 41.3. The van der Waals surface area contributed by atoms with Crippen LogP contribution in [0.1, 0.15) is 10.4 Å². The molecule has 0 saturated heterocycles. The van der Waals surface area contributed by atoms with Gasteiger partial charge in [-0.05, 0) is 24.3 Å². The van der Waals surface area contributed by atoms with Crippen molar-refractivity contribution >= 4 is 22.5 Å². The highest BCUT2D eigenvalue weighted by molar-refractivity contribution is 6.02. The van der Waals surface area contributed by atoms with E-state index >= 15 is 0 Å². The van der Waals surface area contributed by atoms with Crippen molar-refractivity contribution in [1.29, 1.82) is 0 Å². The molecule has 3 aromatic carbocycles. The van der Waals surface area contributed by atoms with E-state index < -0.39 is 16.4 Å². The number of nitro groups is 1.